The van der Waals surface area contributed by atoms with Crippen molar-refractivity contribution in [2.45, 2.75) is 19.3 Å². The SMILES string of the molecule is CCOc1cc(/C=N\NC(=O)CSCc2ccccc2Br)ccc1OCc1ccccc1. The molecule has 0 aliphatic carbocycles. The maximum Gasteiger partial charge on any atom is 0.250 e. The fraction of sp³-hybridized carbons (Fsp3) is 0.200. The molecule has 0 unspecified atom stereocenters. The zero-order valence-electron chi connectivity index (χ0n) is 17.8. The maximum absolute atomic E-state index is 12.0. The Bertz CT molecular complexity index is 1040. The highest BCUT2D eigenvalue weighted by Gasteiger charge is 2.07. The summed E-state index contributed by atoms with van der Waals surface area (Å²) in [6.07, 6.45) is 1.60. The second kappa shape index (κ2) is 12.9. The van der Waals surface area contributed by atoms with Crippen molar-refractivity contribution in [1.82, 2.24) is 5.43 Å². The van der Waals surface area contributed by atoms with Crippen LogP contribution in [0.5, 0.6) is 11.5 Å². The second-order valence-corrected chi connectivity index (χ2v) is 8.63. The number of halogens is 1. The summed E-state index contributed by atoms with van der Waals surface area (Å²) >= 11 is 5.06. The average Bonchev–Trinajstić information content (AvgIpc) is 2.81. The molecule has 0 saturated carbocycles. The molecule has 0 aliphatic heterocycles. The van der Waals surface area contributed by atoms with Crippen LogP contribution >= 0.6 is 27.7 Å². The summed E-state index contributed by atoms with van der Waals surface area (Å²) in [7, 11) is 0. The van der Waals surface area contributed by atoms with E-state index in [9.17, 15) is 4.79 Å². The number of benzene rings is 3. The summed E-state index contributed by atoms with van der Waals surface area (Å²) in [4.78, 5) is 12.0. The van der Waals surface area contributed by atoms with Crippen LogP contribution in [0, 0.1) is 0 Å². The number of nitrogens with one attached hydrogen (secondary N) is 1. The maximum atomic E-state index is 12.0. The number of amides is 1. The van der Waals surface area contributed by atoms with E-state index in [0.29, 0.717) is 30.5 Å². The van der Waals surface area contributed by atoms with Gasteiger partial charge in [0.05, 0.1) is 18.6 Å². The first-order chi connectivity index (χ1) is 15.7. The summed E-state index contributed by atoms with van der Waals surface area (Å²) in [5, 5.41) is 4.07. The quantitative estimate of drug-likeness (QED) is 0.260. The van der Waals surface area contributed by atoms with E-state index in [1.807, 2.05) is 79.7 Å². The fourth-order valence-corrected chi connectivity index (χ4v) is 4.24. The smallest absolute Gasteiger partial charge is 0.250 e. The van der Waals surface area contributed by atoms with Crippen LogP contribution in [0.15, 0.2) is 82.4 Å². The van der Waals surface area contributed by atoms with Gasteiger partial charge in [-0.05, 0) is 47.9 Å². The first-order valence-electron chi connectivity index (χ1n) is 10.2. The summed E-state index contributed by atoms with van der Waals surface area (Å²) in [5.41, 5.74) is 5.62. The van der Waals surface area contributed by atoms with Gasteiger partial charge in [-0.3, -0.25) is 4.79 Å². The van der Waals surface area contributed by atoms with Gasteiger partial charge in [0.15, 0.2) is 11.5 Å². The van der Waals surface area contributed by atoms with E-state index in [4.69, 9.17) is 9.47 Å². The van der Waals surface area contributed by atoms with Gasteiger partial charge in [-0.25, -0.2) is 5.43 Å². The van der Waals surface area contributed by atoms with Gasteiger partial charge >= 0.3 is 0 Å². The third-order valence-electron chi connectivity index (χ3n) is 4.36. The van der Waals surface area contributed by atoms with E-state index in [-0.39, 0.29) is 5.91 Å². The van der Waals surface area contributed by atoms with E-state index in [0.717, 1.165) is 26.9 Å². The van der Waals surface area contributed by atoms with Crippen LogP contribution in [0.3, 0.4) is 0 Å². The van der Waals surface area contributed by atoms with Crippen molar-refractivity contribution in [3.05, 3.63) is 94.0 Å². The largest absolute Gasteiger partial charge is 0.490 e. The molecule has 7 heteroatoms. The molecule has 0 heterocycles. The lowest BCUT2D eigenvalue weighted by Gasteiger charge is -2.12. The number of rotatable bonds is 11. The molecule has 0 aromatic heterocycles. The summed E-state index contributed by atoms with van der Waals surface area (Å²) < 4.78 is 12.7. The van der Waals surface area contributed by atoms with E-state index in [1.54, 1.807) is 6.21 Å². The van der Waals surface area contributed by atoms with Crippen molar-refractivity contribution < 1.29 is 14.3 Å². The summed E-state index contributed by atoms with van der Waals surface area (Å²) in [5.74, 6) is 2.24. The van der Waals surface area contributed by atoms with Gasteiger partial charge in [-0.1, -0.05) is 64.5 Å². The highest BCUT2D eigenvalue weighted by atomic mass is 79.9. The van der Waals surface area contributed by atoms with E-state index >= 15 is 0 Å². The van der Waals surface area contributed by atoms with Crippen molar-refractivity contribution in [3.8, 4) is 11.5 Å². The number of hydrogen-bond donors (Lipinski definition) is 1. The minimum atomic E-state index is -0.147. The number of hydrogen-bond acceptors (Lipinski definition) is 5. The summed E-state index contributed by atoms with van der Waals surface area (Å²) in [6, 6.07) is 23.5. The predicted octanol–water partition coefficient (Wildman–Crippen LogP) is 5.81. The Morgan fingerprint density at radius 1 is 1.03 bits per heavy atom. The van der Waals surface area contributed by atoms with Crippen molar-refractivity contribution >= 4 is 39.8 Å². The van der Waals surface area contributed by atoms with Gasteiger partial charge in [0, 0.05) is 10.2 Å². The first kappa shape index (κ1) is 23.9. The molecule has 1 amide bonds. The van der Waals surface area contributed by atoms with Crippen LogP contribution in [0.25, 0.3) is 0 Å². The highest BCUT2D eigenvalue weighted by molar-refractivity contribution is 9.10. The lowest BCUT2D eigenvalue weighted by molar-refractivity contribution is -0.118. The zero-order valence-corrected chi connectivity index (χ0v) is 20.2. The zero-order chi connectivity index (χ0) is 22.6. The van der Waals surface area contributed by atoms with Gasteiger partial charge in [0.25, 0.3) is 0 Å². The molecule has 0 bridgehead atoms. The highest BCUT2D eigenvalue weighted by Crippen LogP contribution is 2.29. The van der Waals surface area contributed by atoms with Crippen molar-refractivity contribution in [3.63, 3.8) is 0 Å². The molecule has 32 heavy (non-hydrogen) atoms. The van der Waals surface area contributed by atoms with Crippen molar-refractivity contribution in [2.75, 3.05) is 12.4 Å². The second-order valence-electron chi connectivity index (χ2n) is 6.79. The summed E-state index contributed by atoms with van der Waals surface area (Å²) in [6.45, 7) is 2.91. The molecule has 166 valence electrons. The Morgan fingerprint density at radius 2 is 1.81 bits per heavy atom. The van der Waals surface area contributed by atoms with Crippen LogP contribution < -0.4 is 14.9 Å². The van der Waals surface area contributed by atoms with Crippen LogP contribution in [0.4, 0.5) is 0 Å². The molecular weight excluding hydrogens is 488 g/mol. The molecule has 0 aliphatic rings. The standard InChI is InChI=1S/C25H25BrN2O3S/c1-2-30-24-14-20(12-13-23(24)31-16-19-8-4-3-5-9-19)15-27-28-25(29)18-32-17-21-10-6-7-11-22(21)26/h3-15H,2,16-18H2,1H3,(H,28,29)/b27-15-. The van der Waals surface area contributed by atoms with Crippen LogP contribution in [-0.4, -0.2) is 24.5 Å². The molecule has 3 rings (SSSR count). The Labute approximate surface area is 201 Å². The molecule has 0 atom stereocenters. The van der Waals surface area contributed by atoms with Crippen molar-refractivity contribution in [2.24, 2.45) is 5.10 Å². The molecule has 3 aromatic rings. The molecule has 1 N–H and O–H groups in total. The molecule has 0 spiro atoms. The van der Waals surface area contributed by atoms with Crippen molar-refractivity contribution in [1.29, 1.82) is 0 Å². The van der Waals surface area contributed by atoms with Gasteiger partial charge in [-0.2, -0.15) is 5.10 Å². The van der Waals surface area contributed by atoms with E-state index in [2.05, 4.69) is 26.5 Å². The Kier molecular flexibility index (Phi) is 9.65. The van der Waals surface area contributed by atoms with Gasteiger partial charge < -0.3 is 9.47 Å². The molecular formula is C25H25BrN2O3S. The van der Waals surface area contributed by atoms with Crippen LogP contribution in [-0.2, 0) is 17.2 Å². The number of ether oxygens (including phenoxy) is 2. The first-order valence-corrected chi connectivity index (χ1v) is 12.2. The number of nitrogens with zero attached hydrogens (tertiary/aromatic N) is 1. The third kappa shape index (κ3) is 7.73. The van der Waals surface area contributed by atoms with E-state index < -0.39 is 0 Å². The minimum absolute atomic E-state index is 0.147. The Hall–Kier alpha value is -2.77. The normalized spacial score (nSPS) is 10.8. The average molecular weight is 513 g/mol. The lowest BCUT2D eigenvalue weighted by Crippen LogP contribution is -2.19. The minimum Gasteiger partial charge on any atom is -0.490 e. The Balaban J connectivity index is 1.50. The Morgan fingerprint density at radius 3 is 2.59 bits per heavy atom. The topological polar surface area (TPSA) is 59.9 Å². The van der Waals surface area contributed by atoms with E-state index in [1.165, 1.54) is 11.8 Å². The number of thioether (sulfide) groups is 1. The monoisotopic (exact) mass is 512 g/mol. The third-order valence-corrected chi connectivity index (χ3v) is 6.11. The molecule has 0 fully saturated rings. The molecule has 5 nitrogen and oxygen atoms in total. The number of carbonyl (C=O) groups excluding carboxylic acids is 1. The lowest BCUT2D eigenvalue weighted by atomic mass is 10.2. The number of carbonyl (C=O) groups is 1. The van der Waals surface area contributed by atoms with Crippen LogP contribution in [0.2, 0.25) is 0 Å². The molecule has 0 saturated heterocycles. The molecule has 0 radical (unpaired) electrons. The van der Waals surface area contributed by atoms with Gasteiger partial charge in [0.2, 0.25) is 5.91 Å². The van der Waals surface area contributed by atoms with Gasteiger partial charge in [-0.15, -0.1) is 11.8 Å². The van der Waals surface area contributed by atoms with Gasteiger partial charge in [0.1, 0.15) is 6.61 Å². The van der Waals surface area contributed by atoms with Crippen LogP contribution in [0.1, 0.15) is 23.6 Å². The predicted molar refractivity (Wildman–Crippen MR) is 134 cm³/mol. The number of hydrazone groups is 1. The fourth-order valence-electron chi connectivity index (χ4n) is 2.81. The molecule has 3 aromatic carbocycles.